The molecule has 2 heterocycles. The summed E-state index contributed by atoms with van der Waals surface area (Å²) in [6, 6.07) is 5.19. The molecule has 0 N–H and O–H groups in total. The van der Waals surface area contributed by atoms with Crippen molar-refractivity contribution in [2.75, 3.05) is 32.8 Å². The van der Waals surface area contributed by atoms with E-state index in [1.807, 2.05) is 0 Å². The van der Waals surface area contributed by atoms with Crippen molar-refractivity contribution in [3.05, 3.63) is 35.4 Å². The van der Waals surface area contributed by atoms with Crippen LogP contribution in [0.15, 0.2) is 24.3 Å². The Morgan fingerprint density at radius 3 is 2.78 bits per heavy atom. The monoisotopic (exact) mass is 384 g/mol. The lowest BCUT2D eigenvalue weighted by Crippen LogP contribution is -2.47. The Balaban J connectivity index is 1.53. The molecule has 3 rings (SSSR count). The molecule has 2 aliphatic rings. The molecular formula is C19H23F3N2O3. The minimum atomic E-state index is -4.38. The van der Waals surface area contributed by atoms with Gasteiger partial charge in [0.25, 0.3) is 0 Å². The van der Waals surface area contributed by atoms with Crippen LogP contribution in [0.5, 0.6) is 0 Å². The number of hydrogen-bond donors (Lipinski definition) is 0. The molecule has 1 aromatic carbocycles. The van der Waals surface area contributed by atoms with E-state index in [0.717, 1.165) is 18.6 Å². The maximum absolute atomic E-state index is 12.8. The van der Waals surface area contributed by atoms with Gasteiger partial charge in [-0.3, -0.25) is 9.59 Å². The van der Waals surface area contributed by atoms with Gasteiger partial charge in [0, 0.05) is 45.4 Å². The van der Waals surface area contributed by atoms with Crippen molar-refractivity contribution in [1.82, 2.24) is 9.80 Å². The molecule has 2 aliphatic heterocycles. The number of amides is 2. The molecule has 0 aliphatic carbocycles. The molecule has 0 spiro atoms. The Labute approximate surface area is 156 Å². The summed E-state index contributed by atoms with van der Waals surface area (Å²) >= 11 is 0. The van der Waals surface area contributed by atoms with Gasteiger partial charge in [-0.1, -0.05) is 18.2 Å². The van der Waals surface area contributed by atoms with Crippen molar-refractivity contribution >= 4 is 11.8 Å². The molecule has 0 bridgehead atoms. The zero-order chi connectivity index (χ0) is 19.4. The van der Waals surface area contributed by atoms with Crippen LogP contribution >= 0.6 is 0 Å². The number of rotatable bonds is 5. The Morgan fingerprint density at radius 1 is 1.26 bits per heavy atom. The summed E-state index contributed by atoms with van der Waals surface area (Å²) in [6.07, 6.45) is -2.74. The highest BCUT2D eigenvalue weighted by molar-refractivity contribution is 5.80. The maximum Gasteiger partial charge on any atom is 0.416 e. The first-order valence-electron chi connectivity index (χ1n) is 9.16. The smallest absolute Gasteiger partial charge is 0.374 e. The fourth-order valence-electron chi connectivity index (χ4n) is 3.54. The normalized spacial score (nSPS) is 21.0. The summed E-state index contributed by atoms with van der Waals surface area (Å²) in [6.45, 7) is 2.30. The number of carbonyl (C=O) groups is 2. The largest absolute Gasteiger partial charge is 0.416 e. The molecular weight excluding hydrogens is 361 g/mol. The van der Waals surface area contributed by atoms with Crippen LogP contribution in [0.25, 0.3) is 0 Å². The van der Waals surface area contributed by atoms with Gasteiger partial charge in [0.15, 0.2) is 0 Å². The number of morpholine rings is 1. The zero-order valence-electron chi connectivity index (χ0n) is 15.0. The summed E-state index contributed by atoms with van der Waals surface area (Å²) in [7, 11) is 0. The second-order valence-electron chi connectivity index (χ2n) is 6.97. The van der Waals surface area contributed by atoms with Crippen LogP contribution in [-0.4, -0.2) is 60.5 Å². The molecule has 2 amide bonds. The average Bonchev–Trinajstić information content (AvgIpc) is 3.04. The molecule has 8 heteroatoms. The van der Waals surface area contributed by atoms with E-state index in [1.165, 1.54) is 6.07 Å². The van der Waals surface area contributed by atoms with E-state index in [9.17, 15) is 22.8 Å². The van der Waals surface area contributed by atoms with Gasteiger partial charge >= 0.3 is 6.18 Å². The van der Waals surface area contributed by atoms with E-state index < -0.39 is 11.7 Å². The average molecular weight is 384 g/mol. The highest BCUT2D eigenvalue weighted by Gasteiger charge is 2.31. The van der Waals surface area contributed by atoms with E-state index in [1.54, 1.807) is 15.9 Å². The van der Waals surface area contributed by atoms with Crippen LogP contribution in [0.2, 0.25) is 0 Å². The quantitative estimate of drug-likeness (QED) is 0.784. The van der Waals surface area contributed by atoms with Crippen molar-refractivity contribution in [3.8, 4) is 0 Å². The number of benzene rings is 1. The number of ether oxygens (including phenoxy) is 1. The lowest BCUT2D eigenvalue weighted by atomic mass is 10.0. The third-order valence-corrected chi connectivity index (χ3v) is 4.98. The number of hydrogen-bond acceptors (Lipinski definition) is 3. The van der Waals surface area contributed by atoms with E-state index in [0.29, 0.717) is 51.2 Å². The van der Waals surface area contributed by atoms with Crippen molar-refractivity contribution in [2.45, 2.75) is 38.0 Å². The molecule has 0 radical (unpaired) electrons. The van der Waals surface area contributed by atoms with E-state index >= 15 is 0 Å². The molecule has 27 heavy (non-hydrogen) atoms. The van der Waals surface area contributed by atoms with E-state index in [-0.39, 0.29) is 24.3 Å². The third-order valence-electron chi connectivity index (χ3n) is 4.98. The first-order valence-corrected chi connectivity index (χ1v) is 9.16. The standard InChI is InChI=1S/C19H23F3N2O3/c20-19(21,22)15-4-1-3-14(11-15)12-16-13-24(9-10-27-16)18(26)6-8-23-7-2-5-17(23)25/h1,3-4,11,16H,2,5-10,12-13H2/t16-/m1/s1. The summed E-state index contributed by atoms with van der Waals surface area (Å²) in [4.78, 5) is 27.4. The molecule has 0 unspecified atom stereocenters. The van der Waals surface area contributed by atoms with E-state index in [4.69, 9.17) is 4.74 Å². The Morgan fingerprint density at radius 2 is 2.07 bits per heavy atom. The first-order chi connectivity index (χ1) is 12.8. The lowest BCUT2D eigenvalue weighted by Gasteiger charge is -2.33. The molecule has 148 valence electrons. The molecule has 0 saturated carbocycles. The van der Waals surface area contributed by atoms with Gasteiger partial charge < -0.3 is 14.5 Å². The van der Waals surface area contributed by atoms with Crippen LogP contribution in [-0.2, 0) is 26.9 Å². The third kappa shape index (κ3) is 5.22. The fourth-order valence-corrected chi connectivity index (χ4v) is 3.54. The predicted octanol–water partition coefficient (Wildman–Crippen LogP) is 2.49. The van der Waals surface area contributed by atoms with Gasteiger partial charge in [0.05, 0.1) is 18.3 Å². The summed E-state index contributed by atoms with van der Waals surface area (Å²) in [5.41, 5.74) is -0.147. The van der Waals surface area contributed by atoms with Crippen LogP contribution in [0.1, 0.15) is 30.4 Å². The SMILES string of the molecule is O=C1CCCN1CCC(=O)N1CCO[C@H](Cc2cccc(C(F)(F)F)c2)C1. The zero-order valence-corrected chi connectivity index (χ0v) is 15.0. The Bertz CT molecular complexity index is 693. The van der Waals surface area contributed by atoms with Crippen LogP contribution in [0.3, 0.4) is 0 Å². The summed E-state index contributed by atoms with van der Waals surface area (Å²) in [5.74, 6) is 0.0410. The van der Waals surface area contributed by atoms with E-state index in [2.05, 4.69) is 0 Å². The number of nitrogens with zero attached hydrogens (tertiary/aromatic N) is 2. The predicted molar refractivity (Wildman–Crippen MR) is 91.9 cm³/mol. The number of carbonyl (C=O) groups excluding carboxylic acids is 2. The minimum absolute atomic E-state index is 0.0490. The maximum atomic E-state index is 12.8. The van der Waals surface area contributed by atoms with Gasteiger partial charge in [0.2, 0.25) is 11.8 Å². The van der Waals surface area contributed by atoms with Crippen molar-refractivity contribution in [3.63, 3.8) is 0 Å². The van der Waals surface area contributed by atoms with Crippen molar-refractivity contribution in [2.24, 2.45) is 0 Å². The molecule has 1 aromatic rings. The number of halogens is 3. The van der Waals surface area contributed by atoms with Crippen LogP contribution in [0, 0.1) is 0 Å². The number of alkyl halides is 3. The Hall–Kier alpha value is -2.09. The second-order valence-corrected chi connectivity index (χ2v) is 6.97. The highest BCUT2D eigenvalue weighted by Crippen LogP contribution is 2.30. The van der Waals surface area contributed by atoms with Gasteiger partial charge in [-0.2, -0.15) is 13.2 Å². The molecule has 1 atom stereocenters. The fraction of sp³-hybridized carbons (Fsp3) is 0.579. The topological polar surface area (TPSA) is 49.9 Å². The van der Waals surface area contributed by atoms with Crippen LogP contribution < -0.4 is 0 Å². The van der Waals surface area contributed by atoms with Crippen molar-refractivity contribution in [1.29, 1.82) is 0 Å². The lowest BCUT2D eigenvalue weighted by molar-refractivity contribution is -0.139. The van der Waals surface area contributed by atoms with Crippen LogP contribution in [0.4, 0.5) is 13.2 Å². The Kier molecular flexibility index (Phi) is 6.04. The van der Waals surface area contributed by atoms with Gasteiger partial charge in [0.1, 0.15) is 0 Å². The summed E-state index contributed by atoms with van der Waals surface area (Å²) < 4.78 is 44.2. The second kappa shape index (κ2) is 8.29. The molecule has 5 nitrogen and oxygen atoms in total. The van der Waals surface area contributed by atoms with Gasteiger partial charge in [-0.05, 0) is 18.1 Å². The minimum Gasteiger partial charge on any atom is -0.374 e. The number of likely N-dealkylation sites (tertiary alicyclic amines) is 1. The van der Waals surface area contributed by atoms with Gasteiger partial charge in [-0.25, -0.2) is 0 Å². The first kappa shape index (κ1) is 19.7. The van der Waals surface area contributed by atoms with Gasteiger partial charge in [-0.15, -0.1) is 0 Å². The molecule has 2 fully saturated rings. The molecule has 0 aromatic heterocycles. The highest BCUT2D eigenvalue weighted by atomic mass is 19.4. The summed E-state index contributed by atoms with van der Waals surface area (Å²) in [5, 5.41) is 0. The van der Waals surface area contributed by atoms with Crippen molar-refractivity contribution < 1.29 is 27.5 Å². The molecule has 2 saturated heterocycles.